The van der Waals surface area contributed by atoms with Gasteiger partial charge in [-0.3, -0.25) is 0 Å². The van der Waals surface area contributed by atoms with E-state index in [-0.39, 0.29) is 20.4 Å². The third-order valence-electron chi connectivity index (χ3n) is 8.17. The van der Waals surface area contributed by atoms with E-state index in [4.69, 9.17) is 4.74 Å². The van der Waals surface area contributed by atoms with Crippen molar-refractivity contribution in [3.8, 4) is 11.5 Å². The van der Waals surface area contributed by atoms with Crippen LogP contribution in [-0.4, -0.2) is 19.5 Å². The summed E-state index contributed by atoms with van der Waals surface area (Å²) >= 11 is 0.237. The molecule has 4 aromatic carbocycles. The van der Waals surface area contributed by atoms with Gasteiger partial charge in [0.1, 0.15) is 0 Å². The van der Waals surface area contributed by atoms with Crippen molar-refractivity contribution in [3.05, 3.63) is 95.1 Å². The number of nitrogens with zero attached hydrogens (tertiary/aromatic N) is 1. The average Bonchev–Trinajstić information content (AvgIpc) is 3.15. The van der Waals surface area contributed by atoms with Crippen molar-refractivity contribution >= 4 is 45.7 Å². The molecule has 36 heavy (non-hydrogen) atoms. The molecule has 1 atom stereocenters. The predicted octanol–water partition coefficient (Wildman–Crippen LogP) is 7.24. The van der Waals surface area contributed by atoms with Gasteiger partial charge in [0.2, 0.25) is 0 Å². The van der Waals surface area contributed by atoms with E-state index in [1.165, 1.54) is 53.0 Å². The molecule has 0 N–H and O–H groups in total. The Morgan fingerprint density at radius 3 is 2.31 bits per heavy atom. The summed E-state index contributed by atoms with van der Waals surface area (Å²) in [6, 6.07) is 27.0. The molecule has 3 heteroatoms. The summed E-state index contributed by atoms with van der Waals surface area (Å²) in [4.78, 5) is 0. The normalized spacial score (nSPS) is 13.9. The van der Waals surface area contributed by atoms with E-state index >= 15 is 0 Å². The molecule has 5 aromatic rings. The number of hydrogen-bond acceptors (Lipinski definition) is 1. The van der Waals surface area contributed by atoms with Gasteiger partial charge in [-0.25, -0.2) is 0 Å². The van der Waals surface area contributed by atoms with Crippen LogP contribution in [0.1, 0.15) is 62.3 Å². The van der Waals surface area contributed by atoms with Gasteiger partial charge < -0.3 is 0 Å². The first-order chi connectivity index (χ1) is 17.3. The molecule has 2 nitrogen and oxygen atoms in total. The Labute approximate surface area is 220 Å². The molecular formula is C33H33NOSe. The summed E-state index contributed by atoms with van der Waals surface area (Å²) in [6.45, 7) is 11.7. The number of benzene rings is 4. The van der Waals surface area contributed by atoms with E-state index in [2.05, 4.69) is 119 Å². The zero-order chi connectivity index (χ0) is 25.2. The fraction of sp³-hybridized carbons (Fsp3) is 0.273. The molecule has 0 aliphatic carbocycles. The van der Waals surface area contributed by atoms with Crippen LogP contribution in [0, 0.1) is 6.92 Å². The summed E-state index contributed by atoms with van der Waals surface area (Å²) in [7, 11) is 2.20. The molecule has 0 spiro atoms. The Morgan fingerprint density at radius 1 is 0.833 bits per heavy atom. The molecule has 0 amide bonds. The minimum absolute atomic E-state index is 0.0966. The summed E-state index contributed by atoms with van der Waals surface area (Å²) in [5.41, 5.74) is 8.10. The summed E-state index contributed by atoms with van der Waals surface area (Å²) < 4.78 is 11.4. The molecule has 1 aliphatic rings. The Hall–Kier alpha value is -3.00. The monoisotopic (exact) mass is 539 g/mol. The minimum atomic E-state index is -0.0966. The van der Waals surface area contributed by atoms with Crippen LogP contribution in [-0.2, 0) is 12.5 Å². The maximum atomic E-state index is 6.37. The van der Waals surface area contributed by atoms with Gasteiger partial charge in [-0.15, -0.1) is 0 Å². The predicted molar refractivity (Wildman–Crippen MR) is 154 cm³/mol. The molecular weight excluding hydrogens is 505 g/mol. The molecule has 0 bridgehead atoms. The zero-order valence-electron chi connectivity index (χ0n) is 22.0. The summed E-state index contributed by atoms with van der Waals surface area (Å²) in [5, 5.41) is 2.67. The Kier molecular flexibility index (Phi) is 5.55. The third-order valence-corrected chi connectivity index (χ3v) is 10.5. The van der Waals surface area contributed by atoms with Crippen LogP contribution in [0.4, 0.5) is 0 Å². The molecule has 2 heterocycles. The van der Waals surface area contributed by atoms with Crippen LogP contribution in [0.3, 0.4) is 0 Å². The first-order valence-electron chi connectivity index (χ1n) is 12.9. The fourth-order valence-corrected chi connectivity index (χ4v) is 7.91. The summed E-state index contributed by atoms with van der Waals surface area (Å²) in [6.07, 6.45) is 1.12. The molecule has 1 unspecified atom stereocenters. The van der Waals surface area contributed by atoms with Gasteiger partial charge in [0.25, 0.3) is 0 Å². The molecule has 1 aliphatic heterocycles. The van der Waals surface area contributed by atoms with Crippen molar-refractivity contribution in [2.45, 2.75) is 52.4 Å². The van der Waals surface area contributed by atoms with E-state index < -0.39 is 0 Å². The van der Waals surface area contributed by atoms with E-state index in [0.717, 1.165) is 17.9 Å². The van der Waals surface area contributed by atoms with E-state index in [1.807, 2.05) is 0 Å². The van der Waals surface area contributed by atoms with Gasteiger partial charge in [0, 0.05) is 0 Å². The molecule has 1 aromatic heterocycles. The van der Waals surface area contributed by atoms with E-state index in [1.54, 1.807) is 0 Å². The molecule has 182 valence electrons. The van der Waals surface area contributed by atoms with Crippen LogP contribution in [0.2, 0.25) is 0 Å². The topological polar surface area (TPSA) is 14.2 Å². The van der Waals surface area contributed by atoms with Crippen LogP contribution in [0.5, 0.6) is 11.5 Å². The number of aromatic nitrogens is 1. The molecule has 0 radical (unpaired) electrons. The van der Waals surface area contributed by atoms with Crippen molar-refractivity contribution in [1.82, 2.24) is 4.57 Å². The quantitative estimate of drug-likeness (QED) is 0.216. The van der Waals surface area contributed by atoms with E-state index in [0.29, 0.717) is 5.92 Å². The van der Waals surface area contributed by atoms with Gasteiger partial charge in [-0.05, 0) is 0 Å². The zero-order valence-corrected chi connectivity index (χ0v) is 23.7. The first kappa shape index (κ1) is 23.4. The van der Waals surface area contributed by atoms with Crippen molar-refractivity contribution in [1.29, 1.82) is 0 Å². The van der Waals surface area contributed by atoms with Crippen LogP contribution in [0.15, 0.2) is 72.8 Å². The van der Waals surface area contributed by atoms with Gasteiger partial charge in [0.05, 0.1) is 0 Å². The SMILES string of the molecule is CCC(C)c1cc2c(cc1C(C)(C)c1ccccc1C)c1cc3c(cc1n2C)Oc1ccccc1[Se]3. The second-order valence-corrected chi connectivity index (χ2v) is 13.0. The molecule has 0 fully saturated rings. The first-order valence-corrected chi connectivity index (χ1v) is 14.6. The second-order valence-electron chi connectivity index (χ2n) is 10.7. The fourth-order valence-electron chi connectivity index (χ4n) is 5.87. The second kappa shape index (κ2) is 8.54. The number of rotatable bonds is 4. The maximum absolute atomic E-state index is 6.37. The average molecular weight is 539 g/mol. The number of fused-ring (bicyclic) bond motifs is 5. The molecule has 6 rings (SSSR count). The van der Waals surface area contributed by atoms with Crippen molar-refractivity contribution in [2.24, 2.45) is 7.05 Å². The molecule has 0 saturated heterocycles. The number of aryl methyl sites for hydroxylation is 2. The van der Waals surface area contributed by atoms with Crippen LogP contribution < -0.4 is 13.7 Å². The summed E-state index contributed by atoms with van der Waals surface area (Å²) in [5.74, 6) is 2.50. The number of para-hydroxylation sites is 1. The van der Waals surface area contributed by atoms with Crippen LogP contribution >= 0.6 is 0 Å². The van der Waals surface area contributed by atoms with Gasteiger partial charge >= 0.3 is 221 Å². The van der Waals surface area contributed by atoms with Crippen molar-refractivity contribution in [2.75, 3.05) is 0 Å². The Balaban J connectivity index is 1.62. The van der Waals surface area contributed by atoms with Gasteiger partial charge in [0.15, 0.2) is 0 Å². The van der Waals surface area contributed by atoms with Gasteiger partial charge in [-0.1, -0.05) is 0 Å². The van der Waals surface area contributed by atoms with Crippen LogP contribution in [0.25, 0.3) is 21.8 Å². The Morgan fingerprint density at radius 2 is 1.53 bits per heavy atom. The third kappa shape index (κ3) is 3.52. The van der Waals surface area contributed by atoms with Crippen molar-refractivity contribution < 1.29 is 4.74 Å². The number of ether oxygens (including phenoxy) is 1. The van der Waals surface area contributed by atoms with Gasteiger partial charge in [-0.2, -0.15) is 0 Å². The standard InChI is InChI=1S/C33H33NOSe/c1-7-20(2)22-17-27-23(16-26(22)33(4,5)25-13-9-8-12-21(25)3)24-18-32-30(19-28(24)34(27)6)35-29-14-10-11-15-31(29)36-32/h8-20H,7H2,1-6H3. The van der Waals surface area contributed by atoms with Crippen molar-refractivity contribution in [3.63, 3.8) is 0 Å². The Bertz CT molecular complexity index is 1640. The number of hydrogen-bond donors (Lipinski definition) is 0. The molecule has 0 saturated carbocycles. The van der Waals surface area contributed by atoms with E-state index in [9.17, 15) is 0 Å².